The largest absolute Gasteiger partial charge is 0.495 e. The molecule has 0 spiro atoms. The number of nitrogens with one attached hydrogen (secondary N) is 1. The molecule has 1 fully saturated rings. The van der Waals surface area contributed by atoms with Gasteiger partial charge in [0, 0.05) is 23.4 Å². The van der Waals surface area contributed by atoms with Gasteiger partial charge in [0.15, 0.2) is 0 Å². The lowest BCUT2D eigenvalue weighted by Crippen LogP contribution is -2.32. The van der Waals surface area contributed by atoms with Crippen molar-refractivity contribution >= 4 is 11.9 Å². The second-order valence-corrected chi connectivity index (χ2v) is 8.62. The van der Waals surface area contributed by atoms with E-state index >= 15 is 0 Å². The summed E-state index contributed by atoms with van der Waals surface area (Å²) in [6.07, 6.45) is 4.89. The number of carboxylic acids is 1. The molecule has 34 heavy (non-hydrogen) atoms. The number of aryl methyl sites for hydroxylation is 1. The Kier molecular flexibility index (Phi) is 8.47. The van der Waals surface area contributed by atoms with Crippen LogP contribution in [0.5, 0.6) is 11.5 Å². The highest BCUT2D eigenvalue weighted by Gasteiger charge is 2.26. The molecule has 1 aliphatic carbocycles. The van der Waals surface area contributed by atoms with Crippen molar-refractivity contribution < 1.29 is 24.2 Å². The van der Waals surface area contributed by atoms with Gasteiger partial charge < -0.3 is 19.9 Å². The summed E-state index contributed by atoms with van der Waals surface area (Å²) in [5.41, 5.74) is 2.39. The highest BCUT2D eigenvalue weighted by Crippen LogP contribution is 2.31. The van der Waals surface area contributed by atoms with E-state index in [9.17, 15) is 14.9 Å². The Hall–Kier alpha value is -3.60. The van der Waals surface area contributed by atoms with Gasteiger partial charge >= 0.3 is 5.97 Å². The summed E-state index contributed by atoms with van der Waals surface area (Å²) in [7, 11) is 1.57. The molecule has 1 aliphatic rings. The fourth-order valence-electron chi connectivity index (χ4n) is 4.25. The molecule has 1 aromatic carbocycles. The molecule has 2 N–H and O–H groups in total. The van der Waals surface area contributed by atoms with E-state index in [-0.39, 0.29) is 23.3 Å². The lowest BCUT2D eigenvalue weighted by Gasteiger charge is -2.26. The number of pyridine rings is 1. The number of rotatable bonds is 9. The van der Waals surface area contributed by atoms with Crippen LogP contribution in [0.2, 0.25) is 0 Å². The second kappa shape index (κ2) is 11.5. The minimum atomic E-state index is -0.740. The van der Waals surface area contributed by atoms with Crippen molar-refractivity contribution in [2.45, 2.75) is 52.1 Å². The van der Waals surface area contributed by atoms with Crippen LogP contribution in [-0.2, 0) is 11.2 Å². The first-order chi connectivity index (χ1) is 16.4. The zero-order chi connectivity index (χ0) is 24.7. The van der Waals surface area contributed by atoms with Crippen molar-refractivity contribution in [1.29, 1.82) is 5.26 Å². The number of aliphatic carboxylic acids is 1. The third-order valence-electron chi connectivity index (χ3n) is 6.39. The van der Waals surface area contributed by atoms with Gasteiger partial charge in [-0.2, -0.15) is 5.26 Å². The zero-order valence-electron chi connectivity index (χ0n) is 19.8. The molecule has 8 nitrogen and oxygen atoms in total. The molecule has 1 heterocycles. The molecule has 0 bridgehead atoms. The molecule has 3 rings (SSSR count). The summed E-state index contributed by atoms with van der Waals surface area (Å²) in [6, 6.07) is 8.85. The Morgan fingerprint density at radius 2 is 1.97 bits per heavy atom. The number of hydrogen-bond acceptors (Lipinski definition) is 6. The van der Waals surface area contributed by atoms with Gasteiger partial charge in [-0.05, 0) is 69.2 Å². The van der Waals surface area contributed by atoms with Crippen LogP contribution in [-0.4, -0.2) is 35.6 Å². The molecule has 0 saturated heterocycles. The fraction of sp³-hybridized carbons (Fsp3) is 0.462. The Morgan fingerprint density at radius 3 is 2.59 bits per heavy atom. The molecule has 1 amide bonds. The summed E-state index contributed by atoms with van der Waals surface area (Å²) >= 11 is 0. The average molecular weight is 466 g/mol. The van der Waals surface area contributed by atoms with Crippen molar-refractivity contribution in [3.8, 4) is 17.6 Å². The lowest BCUT2D eigenvalue weighted by molar-refractivity contribution is -0.143. The molecule has 2 aromatic rings. The molecular weight excluding hydrogens is 434 g/mol. The fourth-order valence-corrected chi connectivity index (χ4v) is 4.25. The molecular formula is C26H31N3O5. The average Bonchev–Trinajstić information content (AvgIpc) is 2.87. The van der Waals surface area contributed by atoms with E-state index in [0.29, 0.717) is 36.4 Å². The number of carbonyl (C=O) groups is 2. The van der Waals surface area contributed by atoms with E-state index < -0.39 is 12.1 Å². The molecule has 180 valence electrons. The normalized spacial score (nSPS) is 18.4. The van der Waals surface area contributed by atoms with E-state index in [2.05, 4.69) is 16.4 Å². The Balaban J connectivity index is 1.65. The topological polar surface area (TPSA) is 122 Å². The van der Waals surface area contributed by atoms with Crippen LogP contribution in [0.15, 0.2) is 30.5 Å². The molecule has 8 heteroatoms. The SMILES string of the molecule is CCc1cc([C@@H](C)Oc2ccc(C(=O)NC[C@H]3CC[C@H](C(=O)O)CC3)cc2C#N)c(OC)cn1. The van der Waals surface area contributed by atoms with Crippen molar-refractivity contribution in [2.24, 2.45) is 11.8 Å². The van der Waals surface area contributed by atoms with Gasteiger partial charge in [0.25, 0.3) is 5.91 Å². The van der Waals surface area contributed by atoms with E-state index in [1.54, 1.807) is 25.4 Å². The Morgan fingerprint density at radius 1 is 1.24 bits per heavy atom. The Labute approximate surface area is 199 Å². The predicted octanol–water partition coefficient (Wildman–Crippen LogP) is 4.29. The predicted molar refractivity (Wildman–Crippen MR) is 126 cm³/mol. The number of carboxylic acid groups (broad SMARTS) is 1. The van der Waals surface area contributed by atoms with Crippen LogP contribution < -0.4 is 14.8 Å². The first kappa shape index (κ1) is 25.0. The van der Waals surface area contributed by atoms with Crippen LogP contribution in [0.25, 0.3) is 0 Å². The van der Waals surface area contributed by atoms with E-state index in [1.165, 1.54) is 6.07 Å². The number of benzene rings is 1. The molecule has 0 unspecified atom stereocenters. The maximum atomic E-state index is 12.7. The standard InChI is InChI=1S/C26H31N3O5/c1-4-21-12-22(24(33-3)15-28-21)16(2)34-23-10-9-19(11-20(23)13-27)25(30)29-14-17-5-7-18(8-6-17)26(31)32/h9-12,15-18H,4-8,14H2,1-3H3,(H,29,30)(H,31,32)/t16-,17-,18-/m1/s1. The number of methoxy groups -OCH3 is 1. The molecule has 0 radical (unpaired) electrons. The highest BCUT2D eigenvalue weighted by molar-refractivity contribution is 5.94. The van der Waals surface area contributed by atoms with Crippen LogP contribution in [0.1, 0.15) is 72.8 Å². The van der Waals surface area contributed by atoms with Crippen molar-refractivity contribution in [2.75, 3.05) is 13.7 Å². The van der Waals surface area contributed by atoms with Gasteiger partial charge in [0.05, 0.1) is 24.8 Å². The third kappa shape index (κ3) is 6.04. The first-order valence-corrected chi connectivity index (χ1v) is 11.6. The summed E-state index contributed by atoms with van der Waals surface area (Å²) < 4.78 is 11.5. The number of aromatic nitrogens is 1. The van der Waals surface area contributed by atoms with Gasteiger partial charge in [-0.15, -0.1) is 0 Å². The lowest BCUT2D eigenvalue weighted by atomic mass is 9.82. The van der Waals surface area contributed by atoms with Crippen molar-refractivity contribution in [3.05, 3.63) is 52.8 Å². The number of carbonyl (C=O) groups excluding carboxylic acids is 1. The van der Waals surface area contributed by atoms with E-state index in [1.807, 2.05) is 19.9 Å². The van der Waals surface area contributed by atoms with Crippen LogP contribution in [0.3, 0.4) is 0 Å². The van der Waals surface area contributed by atoms with Crippen LogP contribution >= 0.6 is 0 Å². The molecule has 1 aromatic heterocycles. The zero-order valence-corrected chi connectivity index (χ0v) is 19.8. The van der Waals surface area contributed by atoms with Crippen LogP contribution in [0.4, 0.5) is 0 Å². The first-order valence-electron chi connectivity index (χ1n) is 11.6. The Bertz CT molecular complexity index is 1070. The van der Waals surface area contributed by atoms with Gasteiger partial charge in [0.1, 0.15) is 23.7 Å². The molecule has 1 atom stereocenters. The van der Waals surface area contributed by atoms with Gasteiger partial charge in [0.2, 0.25) is 0 Å². The summed E-state index contributed by atoms with van der Waals surface area (Å²) in [4.78, 5) is 28.1. The number of hydrogen-bond donors (Lipinski definition) is 2. The highest BCUT2D eigenvalue weighted by atomic mass is 16.5. The smallest absolute Gasteiger partial charge is 0.306 e. The number of amides is 1. The molecule has 0 aliphatic heterocycles. The number of nitrogens with zero attached hydrogens (tertiary/aromatic N) is 2. The van der Waals surface area contributed by atoms with Crippen molar-refractivity contribution in [1.82, 2.24) is 10.3 Å². The molecule has 1 saturated carbocycles. The third-order valence-corrected chi connectivity index (χ3v) is 6.39. The van der Waals surface area contributed by atoms with E-state index in [0.717, 1.165) is 30.5 Å². The van der Waals surface area contributed by atoms with Crippen molar-refractivity contribution in [3.63, 3.8) is 0 Å². The summed E-state index contributed by atoms with van der Waals surface area (Å²) in [5.74, 6) is -0.0224. The minimum Gasteiger partial charge on any atom is -0.495 e. The van der Waals surface area contributed by atoms with Gasteiger partial charge in [-0.25, -0.2) is 0 Å². The van der Waals surface area contributed by atoms with Gasteiger partial charge in [-0.3, -0.25) is 14.6 Å². The number of nitriles is 1. The summed E-state index contributed by atoms with van der Waals surface area (Å²) in [5, 5.41) is 21.7. The second-order valence-electron chi connectivity index (χ2n) is 8.62. The maximum Gasteiger partial charge on any atom is 0.306 e. The van der Waals surface area contributed by atoms with E-state index in [4.69, 9.17) is 14.6 Å². The summed E-state index contributed by atoms with van der Waals surface area (Å²) in [6.45, 7) is 4.38. The minimum absolute atomic E-state index is 0.264. The van der Waals surface area contributed by atoms with Crippen LogP contribution in [0, 0.1) is 23.2 Å². The number of ether oxygens (including phenoxy) is 2. The quantitative estimate of drug-likeness (QED) is 0.567. The maximum absolute atomic E-state index is 12.7. The monoisotopic (exact) mass is 465 g/mol. The van der Waals surface area contributed by atoms with Gasteiger partial charge in [-0.1, -0.05) is 6.92 Å².